The molecule has 0 radical (unpaired) electrons. The molecule has 5 aromatic carbocycles. The molecule has 292 valence electrons. The van der Waals surface area contributed by atoms with Crippen molar-refractivity contribution in [2.75, 3.05) is 23.0 Å². The van der Waals surface area contributed by atoms with Gasteiger partial charge in [-0.05, 0) is 124 Å². The quantitative estimate of drug-likeness (QED) is 0.164. The molecule has 57 heavy (non-hydrogen) atoms. The number of benzene rings is 5. The molecular formula is C51H57BN2O3. The van der Waals surface area contributed by atoms with Gasteiger partial charge >= 0.3 is 0 Å². The van der Waals surface area contributed by atoms with Crippen LogP contribution in [0.3, 0.4) is 0 Å². The minimum absolute atomic E-state index is 0.0209. The molecule has 4 heterocycles. The van der Waals surface area contributed by atoms with Gasteiger partial charge in [-0.3, -0.25) is 4.90 Å². The highest BCUT2D eigenvalue weighted by molar-refractivity contribution is 7.01. The van der Waals surface area contributed by atoms with Crippen molar-refractivity contribution in [2.24, 2.45) is 0 Å². The second-order valence-corrected chi connectivity index (χ2v) is 19.9. The molecule has 0 bridgehead atoms. The normalized spacial score (nSPS) is 15.1. The van der Waals surface area contributed by atoms with Crippen LogP contribution in [0, 0.1) is 27.7 Å². The summed E-state index contributed by atoms with van der Waals surface area (Å²) in [6, 6.07) is 27.7. The smallest absolute Gasteiger partial charge is 0.257 e. The molecule has 5 nitrogen and oxygen atoms in total. The largest absolute Gasteiger partial charge is 0.490 e. The van der Waals surface area contributed by atoms with Crippen LogP contribution < -0.4 is 35.7 Å². The topological polar surface area (TPSA) is 38.1 Å². The van der Waals surface area contributed by atoms with Crippen molar-refractivity contribution >= 4 is 68.4 Å². The Hall–Kier alpha value is -5.10. The minimum Gasteiger partial charge on any atom is -0.490 e. The highest BCUT2D eigenvalue weighted by Crippen LogP contribution is 2.50. The molecule has 3 aliphatic heterocycles. The highest BCUT2D eigenvalue weighted by atomic mass is 16.5. The van der Waals surface area contributed by atoms with Gasteiger partial charge in [-0.2, -0.15) is 0 Å². The first-order chi connectivity index (χ1) is 26.8. The molecule has 6 aromatic rings. The maximum absolute atomic E-state index is 7.18. The van der Waals surface area contributed by atoms with E-state index >= 15 is 0 Å². The third-order valence-electron chi connectivity index (χ3n) is 12.5. The zero-order valence-electron chi connectivity index (χ0n) is 36.2. The van der Waals surface area contributed by atoms with Gasteiger partial charge in [-0.1, -0.05) is 98.7 Å². The van der Waals surface area contributed by atoms with E-state index in [-0.39, 0.29) is 23.0 Å². The molecule has 0 unspecified atom stereocenters. The monoisotopic (exact) mass is 756 g/mol. The molecule has 6 heteroatoms. The number of furan rings is 1. The standard InChI is InChI=1S/C51H57BN2O3/c1-29-22-34(50(8,9)10)23-30(2)46(29)53-38-16-14-17-39-45(38)52(37-27-42-43(28-40(37)53)56-21-15-20-55-42)44-36-26-33(49(5,6)7)18-19-41(36)57-48(44)54(39)47-31(3)24-35(25-32(47)4)51(11,12)13/h14,16-19,22-28H,15,20-21H2,1-13H3. The highest BCUT2D eigenvalue weighted by Gasteiger charge is 2.47. The number of anilines is 6. The Morgan fingerprint density at radius 3 is 1.58 bits per heavy atom. The van der Waals surface area contributed by atoms with Crippen LogP contribution in [0.15, 0.2) is 77.2 Å². The van der Waals surface area contributed by atoms with Crippen molar-refractivity contribution in [1.29, 1.82) is 0 Å². The van der Waals surface area contributed by atoms with Crippen LogP contribution in [-0.4, -0.2) is 19.9 Å². The summed E-state index contributed by atoms with van der Waals surface area (Å²) in [5, 5.41) is 1.16. The third kappa shape index (κ3) is 5.88. The van der Waals surface area contributed by atoms with Crippen LogP contribution >= 0.6 is 0 Å². The Morgan fingerprint density at radius 2 is 1.04 bits per heavy atom. The predicted octanol–water partition coefficient (Wildman–Crippen LogP) is 11.8. The molecule has 0 amide bonds. The van der Waals surface area contributed by atoms with E-state index in [4.69, 9.17) is 13.9 Å². The maximum atomic E-state index is 7.18. The van der Waals surface area contributed by atoms with E-state index in [9.17, 15) is 0 Å². The van der Waals surface area contributed by atoms with Gasteiger partial charge in [0.25, 0.3) is 6.71 Å². The van der Waals surface area contributed by atoms with Gasteiger partial charge in [-0.15, -0.1) is 0 Å². The summed E-state index contributed by atoms with van der Waals surface area (Å²) >= 11 is 0. The first-order valence-corrected chi connectivity index (χ1v) is 20.8. The van der Waals surface area contributed by atoms with Crippen molar-refractivity contribution in [2.45, 2.75) is 113 Å². The van der Waals surface area contributed by atoms with Crippen molar-refractivity contribution in [3.63, 3.8) is 0 Å². The predicted molar refractivity (Wildman–Crippen MR) is 241 cm³/mol. The molecule has 0 fully saturated rings. The number of hydrogen-bond acceptors (Lipinski definition) is 5. The Kier molecular flexibility index (Phi) is 8.35. The fourth-order valence-corrected chi connectivity index (χ4v) is 9.52. The van der Waals surface area contributed by atoms with Gasteiger partial charge in [-0.25, -0.2) is 0 Å². The van der Waals surface area contributed by atoms with Crippen LogP contribution in [0.25, 0.3) is 11.0 Å². The van der Waals surface area contributed by atoms with Crippen LogP contribution in [0.2, 0.25) is 0 Å². The molecule has 0 N–H and O–H groups in total. The summed E-state index contributed by atoms with van der Waals surface area (Å²) in [5.74, 6) is 2.49. The van der Waals surface area contributed by atoms with Gasteiger partial charge in [0, 0.05) is 40.4 Å². The zero-order chi connectivity index (χ0) is 40.5. The summed E-state index contributed by atoms with van der Waals surface area (Å²) in [6.45, 7) is 30.9. The lowest BCUT2D eigenvalue weighted by molar-refractivity contribution is 0.297. The lowest BCUT2D eigenvalue weighted by Crippen LogP contribution is -2.61. The van der Waals surface area contributed by atoms with Crippen LogP contribution in [0.5, 0.6) is 11.5 Å². The Labute approximate surface area is 340 Å². The number of fused-ring (bicyclic) bond motifs is 7. The van der Waals surface area contributed by atoms with E-state index in [1.807, 2.05) is 0 Å². The van der Waals surface area contributed by atoms with E-state index in [1.54, 1.807) is 0 Å². The molecule has 0 spiro atoms. The fraction of sp³-hybridized carbons (Fsp3) is 0.373. The SMILES string of the molecule is Cc1cc(C(C)(C)C)cc(C)c1N1c2cc3c(cc2B2c4c1cccc4N(c1c(C)cc(C(C)(C)C)cc1C)c1oc4ccc(C(C)(C)C)cc4c12)OCCCO3. The van der Waals surface area contributed by atoms with Gasteiger partial charge in [0.2, 0.25) is 5.88 Å². The van der Waals surface area contributed by atoms with Crippen molar-refractivity contribution in [1.82, 2.24) is 0 Å². The second kappa shape index (κ2) is 12.7. The Morgan fingerprint density at radius 1 is 0.526 bits per heavy atom. The lowest BCUT2D eigenvalue weighted by atomic mass is 9.33. The number of rotatable bonds is 2. The first-order valence-electron chi connectivity index (χ1n) is 20.8. The van der Waals surface area contributed by atoms with Crippen molar-refractivity contribution < 1.29 is 13.9 Å². The molecule has 0 saturated heterocycles. The number of nitrogens with zero attached hydrogens (tertiary/aromatic N) is 2. The fourth-order valence-electron chi connectivity index (χ4n) is 9.52. The van der Waals surface area contributed by atoms with Gasteiger partial charge in [0.05, 0.1) is 24.6 Å². The molecule has 9 rings (SSSR count). The van der Waals surface area contributed by atoms with Gasteiger partial charge in [0.15, 0.2) is 11.5 Å². The molecule has 1 aromatic heterocycles. The maximum Gasteiger partial charge on any atom is 0.257 e. The van der Waals surface area contributed by atoms with E-state index < -0.39 is 0 Å². The average Bonchev–Trinajstić information content (AvgIpc) is 3.34. The van der Waals surface area contributed by atoms with Crippen molar-refractivity contribution in [3.8, 4) is 11.5 Å². The molecule has 0 aliphatic carbocycles. The first kappa shape index (κ1) is 37.5. The minimum atomic E-state index is -0.119. The van der Waals surface area contributed by atoms with E-state index in [0.29, 0.717) is 13.2 Å². The molecule has 0 atom stereocenters. The summed E-state index contributed by atoms with van der Waals surface area (Å²) in [6.07, 6.45) is 0.844. The van der Waals surface area contributed by atoms with E-state index in [2.05, 4.69) is 173 Å². The summed E-state index contributed by atoms with van der Waals surface area (Å²) in [7, 11) is 0. The van der Waals surface area contributed by atoms with Crippen LogP contribution in [-0.2, 0) is 16.2 Å². The summed E-state index contributed by atoms with van der Waals surface area (Å²) in [5.41, 5.74) is 19.3. The van der Waals surface area contributed by atoms with Crippen molar-refractivity contribution in [3.05, 3.63) is 112 Å². The van der Waals surface area contributed by atoms with Crippen LogP contribution in [0.1, 0.15) is 108 Å². The summed E-state index contributed by atoms with van der Waals surface area (Å²) < 4.78 is 20.1. The van der Waals surface area contributed by atoms with E-state index in [0.717, 1.165) is 46.1 Å². The van der Waals surface area contributed by atoms with E-state index in [1.165, 1.54) is 72.4 Å². The Balaban J connectivity index is 1.42. The lowest BCUT2D eigenvalue weighted by Gasteiger charge is -2.44. The third-order valence-corrected chi connectivity index (χ3v) is 12.5. The molecular weight excluding hydrogens is 699 g/mol. The van der Waals surface area contributed by atoms with Gasteiger partial charge < -0.3 is 18.8 Å². The molecule has 0 saturated carbocycles. The zero-order valence-corrected chi connectivity index (χ0v) is 36.2. The van der Waals surface area contributed by atoms with Crippen LogP contribution in [0.4, 0.5) is 34.3 Å². The number of hydrogen-bond donors (Lipinski definition) is 0. The van der Waals surface area contributed by atoms with Gasteiger partial charge in [0.1, 0.15) is 5.58 Å². The average molecular weight is 757 g/mol. The Bertz CT molecular complexity index is 2580. The second-order valence-electron chi connectivity index (χ2n) is 19.9. The summed E-state index contributed by atoms with van der Waals surface area (Å²) in [4.78, 5) is 4.96. The number of ether oxygens (including phenoxy) is 2. The molecule has 3 aliphatic rings. The number of aryl methyl sites for hydroxylation is 4.